The van der Waals surface area contributed by atoms with Gasteiger partial charge in [0.15, 0.2) is 0 Å². The first-order valence-electron chi connectivity index (χ1n) is 8.84. The number of piperidine rings is 1. The van der Waals surface area contributed by atoms with Crippen LogP contribution in [0.4, 0.5) is 0 Å². The Labute approximate surface area is 124 Å². The van der Waals surface area contributed by atoms with Gasteiger partial charge >= 0.3 is 0 Å². The van der Waals surface area contributed by atoms with Gasteiger partial charge in [0.2, 0.25) is 0 Å². The van der Waals surface area contributed by atoms with Crippen LogP contribution in [-0.4, -0.2) is 48.8 Å². The lowest BCUT2D eigenvalue weighted by atomic mass is 9.85. The Morgan fingerprint density at radius 2 is 2.05 bits per heavy atom. The smallest absolute Gasteiger partial charge is 0.0697 e. The second kappa shape index (κ2) is 6.33. The zero-order valence-electron chi connectivity index (χ0n) is 13.4. The zero-order chi connectivity index (χ0) is 14.0. The van der Waals surface area contributed by atoms with Crippen molar-refractivity contribution in [1.29, 1.82) is 0 Å². The van der Waals surface area contributed by atoms with Crippen LogP contribution in [0.15, 0.2) is 0 Å². The fourth-order valence-corrected chi connectivity index (χ4v) is 4.76. The van der Waals surface area contributed by atoms with E-state index in [1.54, 1.807) is 0 Å². The summed E-state index contributed by atoms with van der Waals surface area (Å²) in [6.45, 7) is 9.30. The molecule has 1 aliphatic carbocycles. The molecule has 3 nitrogen and oxygen atoms in total. The number of hydrogen-bond donors (Lipinski definition) is 1. The van der Waals surface area contributed by atoms with Gasteiger partial charge in [-0.2, -0.15) is 0 Å². The Balaban J connectivity index is 1.57. The Bertz CT molecular complexity index is 314. The predicted octanol–water partition coefficient (Wildman–Crippen LogP) is 2.80. The highest BCUT2D eigenvalue weighted by molar-refractivity contribution is 4.96. The van der Waals surface area contributed by atoms with Crippen molar-refractivity contribution in [2.75, 3.05) is 26.2 Å². The summed E-state index contributed by atoms with van der Waals surface area (Å²) in [6, 6.07) is 1.52. The van der Waals surface area contributed by atoms with Crippen molar-refractivity contribution >= 4 is 0 Å². The van der Waals surface area contributed by atoms with E-state index in [1.165, 1.54) is 58.0 Å². The van der Waals surface area contributed by atoms with Gasteiger partial charge in [-0.25, -0.2) is 0 Å². The van der Waals surface area contributed by atoms with Crippen molar-refractivity contribution in [3.8, 4) is 0 Å². The lowest BCUT2D eigenvalue weighted by Gasteiger charge is -2.47. The maximum Gasteiger partial charge on any atom is 0.0697 e. The number of ether oxygens (including phenoxy) is 1. The average Bonchev–Trinajstić information content (AvgIpc) is 2.89. The van der Waals surface area contributed by atoms with E-state index in [0.29, 0.717) is 0 Å². The van der Waals surface area contributed by atoms with Crippen LogP contribution >= 0.6 is 0 Å². The number of nitrogens with one attached hydrogen (secondary N) is 1. The van der Waals surface area contributed by atoms with Gasteiger partial charge in [-0.1, -0.05) is 26.7 Å². The van der Waals surface area contributed by atoms with Crippen molar-refractivity contribution in [2.24, 2.45) is 5.92 Å². The van der Waals surface area contributed by atoms with Gasteiger partial charge in [0, 0.05) is 25.2 Å². The number of rotatable bonds is 3. The van der Waals surface area contributed by atoms with E-state index in [-0.39, 0.29) is 5.60 Å². The molecule has 116 valence electrons. The van der Waals surface area contributed by atoms with Crippen molar-refractivity contribution in [1.82, 2.24) is 10.2 Å². The summed E-state index contributed by atoms with van der Waals surface area (Å²) in [5.41, 5.74) is 0.269. The van der Waals surface area contributed by atoms with Gasteiger partial charge in [0.05, 0.1) is 5.60 Å². The third-order valence-electron chi connectivity index (χ3n) is 5.90. The first kappa shape index (κ1) is 14.8. The number of nitrogens with zero attached hydrogens (tertiary/aromatic N) is 1. The van der Waals surface area contributed by atoms with Crippen molar-refractivity contribution in [3.05, 3.63) is 0 Å². The van der Waals surface area contributed by atoms with Crippen LogP contribution in [0.25, 0.3) is 0 Å². The van der Waals surface area contributed by atoms with Crippen LogP contribution < -0.4 is 5.32 Å². The Morgan fingerprint density at radius 1 is 1.25 bits per heavy atom. The molecule has 0 bridgehead atoms. The maximum atomic E-state index is 6.19. The van der Waals surface area contributed by atoms with E-state index in [4.69, 9.17) is 4.74 Å². The minimum atomic E-state index is 0.269. The van der Waals surface area contributed by atoms with E-state index >= 15 is 0 Å². The molecule has 2 saturated heterocycles. The van der Waals surface area contributed by atoms with Crippen LogP contribution in [0.1, 0.15) is 58.8 Å². The first-order chi connectivity index (χ1) is 9.72. The summed E-state index contributed by atoms with van der Waals surface area (Å²) in [6.07, 6.45) is 9.25. The summed E-state index contributed by atoms with van der Waals surface area (Å²) in [5.74, 6) is 0.783. The highest BCUT2D eigenvalue weighted by atomic mass is 16.5. The third-order valence-corrected chi connectivity index (χ3v) is 5.90. The molecule has 0 aromatic rings. The lowest BCUT2D eigenvalue weighted by Crippen LogP contribution is -2.54. The highest BCUT2D eigenvalue weighted by Gasteiger charge is 2.42. The normalized spacial score (nSPS) is 38.4. The van der Waals surface area contributed by atoms with Crippen molar-refractivity contribution in [2.45, 2.75) is 76.5 Å². The Morgan fingerprint density at radius 3 is 2.75 bits per heavy atom. The average molecular weight is 280 g/mol. The fraction of sp³-hybridized carbons (Fsp3) is 1.00. The summed E-state index contributed by atoms with van der Waals surface area (Å²) in [7, 11) is 0. The molecule has 1 spiro atoms. The van der Waals surface area contributed by atoms with E-state index in [9.17, 15) is 0 Å². The summed E-state index contributed by atoms with van der Waals surface area (Å²) < 4.78 is 6.19. The largest absolute Gasteiger partial charge is 0.375 e. The molecule has 3 aliphatic rings. The topological polar surface area (TPSA) is 24.5 Å². The molecule has 2 heterocycles. The van der Waals surface area contributed by atoms with E-state index in [1.807, 2.05) is 0 Å². The van der Waals surface area contributed by atoms with Gasteiger partial charge in [-0.05, 0) is 51.1 Å². The molecular weight excluding hydrogens is 248 g/mol. The van der Waals surface area contributed by atoms with Gasteiger partial charge in [0.25, 0.3) is 0 Å². The summed E-state index contributed by atoms with van der Waals surface area (Å²) >= 11 is 0. The minimum Gasteiger partial charge on any atom is -0.375 e. The second-order valence-corrected chi connectivity index (χ2v) is 7.31. The van der Waals surface area contributed by atoms with E-state index in [2.05, 4.69) is 24.1 Å². The Hall–Kier alpha value is -0.120. The highest BCUT2D eigenvalue weighted by Crippen LogP contribution is 2.41. The molecule has 3 fully saturated rings. The zero-order valence-corrected chi connectivity index (χ0v) is 13.4. The van der Waals surface area contributed by atoms with Gasteiger partial charge in [-0.15, -0.1) is 0 Å². The van der Waals surface area contributed by atoms with Gasteiger partial charge in [0.1, 0.15) is 0 Å². The minimum absolute atomic E-state index is 0.269. The van der Waals surface area contributed by atoms with Crippen LogP contribution in [0, 0.1) is 5.92 Å². The van der Waals surface area contributed by atoms with Crippen LogP contribution in [0.3, 0.4) is 0 Å². The summed E-state index contributed by atoms with van der Waals surface area (Å²) in [5, 5.41) is 3.65. The SMILES string of the molecule is CCNC1CCN(C2CCOC3(CCCC3)C2)CC1C. The number of likely N-dealkylation sites (tertiary alicyclic amines) is 1. The molecule has 0 aromatic carbocycles. The van der Waals surface area contributed by atoms with Gasteiger partial charge < -0.3 is 10.1 Å². The Kier molecular flexibility index (Phi) is 4.68. The van der Waals surface area contributed by atoms with Crippen molar-refractivity contribution in [3.63, 3.8) is 0 Å². The van der Waals surface area contributed by atoms with E-state index < -0.39 is 0 Å². The van der Waals surface area contributed by atoms with Crippen molar-refractivity contribution < 1.29 is 4.74 Å². The molecule has 0 aromatic heterocycles. The molecule has 3 atom stereocenters. The molecule has 20 heavy (non-hydrogen) atoms. The van der Waals surface area contributed by atoms with E-state index in [0.717, 1.165) is 31.2 Å². The molecule has 0 amide bonds. The molecule has 3 heteroatoms. The standard InChI is InChI=1S/C17H32N2O/c1-3-18-16-6-10-19(13-14(16)2)15-7-11-20-17(12-15)8-4-5-9-17/h14-16,18H,3-13H2,1-2H3. The summed E-state index contributed by atoms with van der Waals surface area (Å²) in [4.78, 5) is 2.78. The van der Waals surface area contributed by atoms with Crippen LogP contribution in [0.2, 0.25) is 0 Å². The monoisotopic (exact) mass is 280 g/mol. The molecule has 3 rings (SSSR count). The molecule has 1 saturated carbocycles. The molecule has 0 radical (unpaired) electrons. The fourth-order valence-electron chi connectivity index (χ4n) is 4.76. The predicted molar refractivity (Wildman–Crippen MR) is 83.0 cm³/mol. The molecular formula is C17H32N2O. The third kappa shape index (κ3) is 3.05. The quantitative estimate of drug-likeness (QED) is 0.860. The molecule has 2 aliphatic heterocycles. The van der Waals surface area contributed by atoms with Gasteiger partial charge in [-0.3, -0.25) is 4.90 Å². The molecule has 1 N–H and O–H groups in total. The van der Waals surface area contributed by atoms with Crippen LogP contribution in [-0.2, 0) is 4.74 Å². The number of hydrogen-bond acceptors (Lipinski definition) is 3. The second-order valence-electron chi connectivity index (χ2n) is 7.31. The first-order valence-corrected chi connectivity index (χ1v) is 8.84. The molecule has 3 unspecified atom stereocenters. The maximum absolute atomic E-state index is 6.19. The lowest BCUT2D eigenvalue weighted by molar-refractivity contribution is -0.106. The van der Waals surface area contributed by atoms with Crippen LogP contribution in [0.5, 0.6) is 0 Å².